The van der Waals surface area contributed by atoms with Crippen molar-refractivity contribution in [3.63, 3.8) is 0 Å². The normalized spacial score (nSPS) is 11.7. The van der Waals surface area contributed by atoms with Gasteiger partial charge in [-0.05, 0) is 60.7 Å². The fraction of sp³-hybridized carbons (Fsp3) is 0.0800. The Kier molecular flexibility index (Phi) is 7.60. The predicted molar refractivity (Wildman–Crippen MR) is 134 cm³/mol. The van der Waals surface area contributed by atoms with Crippen molar-refractivity contribution in [2.45, 2.75) is 9.79 Å². The molecule has 14 heteroatoms. The lowest BCUT2D eigenvalue weighted by atomic mass is 10.2. The summed E-state index contributed by atoms with van der Waals surface area (Å²) in [6.45, 7) is 0. The summed E-state index contributed by atoms with van der Waals surface area (Å²) in [5, 5.41) is 4.35. The second-order valence-corrected chi connectivity index (χ2v) is 12.1. The van der Waals surface area contributed by atoms with E-state index < -0.39 is 66.3 Å². The third-order valence-electron chi connectivity index (χ3n) is 5.31. The molecule has 0 radical (unpaired) electrons. The van der Waals surface area contributed by atoms with Crippen molar-refractivity contribution in [3.8, 4) is 0 Å². The van der Waals surface area contributed by atoms with Gasteiger partial charge in [0.2, 0.25) is 17.6 Å². The Morgan fingerprint density at radius 3 is 1.72 bits per heavy atom. The molecule has 1 heterocycles. The summed E-state index contributed by atoms with van der Waals surface area (Å²) in [6, 6.07) is 13.6. The van der Waals surface area contributed by atoms with Crippen LogP contribution < -0.4 is 10.6 Å². The standard InChI is InChI=1S/C25H18F2N2O8S2/c26-15-5-9-17(10-6-15)38(33,34)13-21(30)28-23-19-3-1-2-4-20(19)37-24(23)25(32)29-22(31)14-39(35,36)18-11-7-16(27)8-12-18/h1-12H,13-14H2,(H,28,30)(H,29,31,32). The zero-order chi connectivity index (χ0) is 28.4. The van der Waals surface area contributed by atoms with Crippen LogP contribution in [0.1, 0.15) is 10.6 Å². The van der Waals surface area contributed by atoms with Crippen LogP contribution in [-0.4, -0.2) is 46.1 Å². The molecule has 4 aromatic rings. The minimum Gasteiger partial charge on any atom is -0.449 e. The minimum atomic E-state index is -4.23. The first-order valence-electron chi connectivity index (χ1n) is 11.0. The van der Waals surface area contributed by atoms with Gasteiger partial charge in [0.15, 0.2) is 19.7 Å². The third-order valence-corrected chi connectivity index (χ3v) is 8.57. The molecule has 2 N–H and O–H groups in total. The fourth-order valence-corrected chi connectivity index (χ4v) is 5.79. The Balaban J connectivity index is 1.54. The smallest absolute Gasteiger partial charge is 0.295 e. The molecule has 10 nitrogen and oxygen atoms in total. The Hall–Kier alpha value is -4.43. The summed E-state index contributed by atoms with van der Waals surface area (Å²) in [4.78, 5) is 37.3. The van der Waals surface area contributed by atoms with E-state index in [1.54, 1.807) is 12.1 Å². The molecule has 0 unspecified atom stereocenters. The number of carbonyl (C=O) groups excluding carboxylic acids is 3. The first kappa shape index (κ1) is 27.6. The lowest BCUT2D eigenvalue weighted by Gasteiger charge is -2.08. The van der Waals surface area contributed by atoms with Gasteiger partial charge in [-0.2, -0.15) is 0 Å². The van der Waals surface area contributed by atoms with Gasteiger partial charge in [-0.3, -0.25) is 19.7 Å². The van der Waals surface area contributed by atoms with Gasteiger partial charge >= 0.3 is 0 Å². The number of fused-ring (bicyclic) bond motifs is 1. The number of halogens is 2. The number of sulfone groups is 2. The van der Waals surface area contributed by atoms with Crippen molar-refractivity contribution in [2.75, 3.05) is 16.8 Å². The van der Waals surface area contributed by atoms with Crippen LogP contribution >= 0.6 is 0 Å². The Labute approximate surface area is 220 Å². The monoisotopic (exact) mass is 576 g/mol. The third kappa shape index (κ3) is 6.35. The quantitative estimate of drug-likeness (QED) is 0.303. The second kappa shape index (κ2) is 10.7. The highest BCUT2D eigenvalue weighted by molar-refractivity contribution is 7.92. The van der Waals surface area contributed by atoms with Crippen LogP contribution in [-0.2, 0) is 29.3 Å². The van der Waals surface area contributed by atoms with Gasteiger partial charge in [0.25, 0.3) is 5.91 Å². The second-order valence-electron chi connectivity index (χ2n) is 8.15. The van der Waals surface area contributed by atoms with Crippen molar-refractivity contribution in [2.24, 2.45) is 0 Å². The molecule has 4 rings (SSSR count). The molecule has 0 aliphatic rings. The van der Waals surface area contributed by atoms with E-state index >= 15 is 0 Å². The van der Waals surface area contributed by atoms with Gasteiger partial charge in [-0.25, -0.2) is 25.6 Å². The lowest BCUT2D eigenvalue weighted by molar-refractivity contribution is -0.117. The molecule has 39 heavy (non-hydrogen) atoms. The van der Waals surface area contributed by atoms with E-state index in [0.717, 1.165) is 48.5 Å². The predicted octanol–water partition coefficient (Wildman–Crippen LogP) is 2.85. The molecule has 0 aliphatic carbocycles. The summed E-state index contributed by atoms with van der Waals surface area (Å²) in [7, 11) is -8.42. The molecule has 3 aromatic carbocycles. The van der Waals surface area contributed by atoms with Gasteiger partial charge in [0, 0.05) is 5.39 Å². The molecule has 0 atom stereocenters. The number of rotatable bonds is 8. The minimum absolute atomic E-state index is 0.103. The van der Waals surface area contributed by atoms with Crippen LogP contribution in [0, 0.1) is 11.6 Å². The van der Waals surface area contributed by atoms with Crippen LogP contribution in [0.2, 0.25) is 0 Å². The molecule has 0 fully saturated rings. The number of imide groups is 1. The molecular weight excluding hydrogens is 558 g/mol. The van der Waals surface area contributed by atoms with Crippen LogP contribution in [0.5, 0.6) is 0 Å². The van der Waals surface area contributed by atoms with E-state index in [9.17, 15) is 40.0 Å². The van der Waals surface area contributed by atoms with Gasteiger partial charge < -0.3 is 9.73 Å². The maximum Gasteiger partial charge on any atom is 0.295 e. The Bertz CT molecular complexity index is 1800. The highest BCUT2D eigenvalue weighted by Crippen LogP contribution is 2.31. The number of hydrogen-bond donors (Lipinski definition) is 2. The fourth-order valence-electron chi connectivity index (χ4n) is 3.52. The van der Waals surface area contributed by atoms with Gasteiger partial charge in [-0.15, -0.1) is 0 Å². The highest BCUT2D eigenvalue weighted by Gasteiger charge is 2.28. The Morgan fingerprint density at radius 2 is 1.18 bits per heavy atom. The Morgan fingerprint density at radius 1 is 0.692 bits per heavy atom. The number of furan rings is 1. The zero-order valence-corrected chi connectivity index (χ0v) is 21.3. The highest BCUT2D eigenvalue weighted by atomic mass is 32.2. The van der Waals surface area contributed by atoms with E-state index in [0.29, 0.717) is 0 Å². The molecule has 1 aromatic heterocycles. The van der Waals surface area contributed by atoms with Crippen LogP contribution in [0.4, 0.5) is 14.5 Å². The van der Waals surface area contributed by atoms with Gasteiger partial charge in [-0.1, -0.05) is 12.1 Å². The number of benzene rings is 3. The van der Waals surface area contributed by atoms with Crippen LogP contribution in [0.25, 0.3) is 11.0 Å². The first-order valence-corrected chi connectivity index (χ1v) is 14.3. The van der Waals surface area contributed by atoms with E-state index in [1.165, 1.54) is 12.1 Å². The lowest BCUT2D eigenvalue weighted by Crippen LogP contribution is -2.35. The molecule has 0 saturated heterocycles. The molecule has 202 valence electrons. The molecule has 0 bridgehead atoms. The number of nitrogens with one attached hydrogen (secondary N) is 2. The van der Waals surface area contributed by atoms with E-state index in [4.69, 9.17) is 4.42 Å². The van der Waals surface area contributed by atoms with Crippen molar-refractivity contribution in [3.05, 3.63) is 90.2 Å². The summed E-state index contributed by atoms with van der Waals surface area (Å²) in [6.07, 6.45) is 0. The average molecular weight is 577 g/mol. The number of amides is 3. The van der Waals surface area contributed by atoms with Crippen molar-refractivity contribution >= 4 is 54.1 Å². The van der Waals surface area contributed by atoms with Crippen LogP contribution in [0.3, 0.4) is 0 Å². The molecule has 0 spiro atoms. The van der Waals surface area contributed by atoms with E-state index in [2.05, 4.69) is 5.32 Å². The number of para-hydroxylation sites is 1. The first-order chi connectivity index (χ1) is 18.4. The topological polar surface area (TPSA) is 157 Å². The summed E-state index contributed by atoms with van der Waals surface area (Å²) in [5.74, 6) is -7.65. The van der Waals surface area contributed by atoms with Gasteiger partial charge in [0.05, 0.1) is 9.79 Å². The largest absolute Gasteiger partial charge is 0.449 e. The van der Waals surface area contributed by atoms with E-state index in [1.807, 2.05) is 5.32 Å². The number of carbonyl (C=O) groups is 3. The van der Waals surface area contributed by atoms with Crippen LogP contribution in [0.15, 0.2) is 87.0 Å². The zero-order valence-electron chi connectivity index (χ0n) is 19.7. The number of anilines is 1. The summed E-state index contributed by atoms with van der Waals surface area (Å²) < 4.78 is 81.7. The van der Waals surface area contributed by atoms with Crippen molar-refractivity contribution < 1.29 is 44.4 Å². The molecular formula is C25H18F2N2O8S2. The maximum absolute atomic E-state index is 13.1. The molecule has 0 aliphatic heterocycles. The summed E-state index contributed by atoms with van der Waals surface area (Å²) >= 11 is 0. The SMILES string of the molecule is O=C(CS(=O)(=O)c1ccc(F)cc1)NC(=O)c1oc2ccccc2c1NC(=O)CS(=O)(=O)c1ccc(F)cc1. The molecule has 0 saturated carbocycles. The van der Waals surface area contributed by atoms with Crippen molar-refractivity contribution in [1.82, 2.24) is 5.32 Å². The number of hydrogen-bond acceptors (Lipinski definition) is 8. The molecule has 3 amide bonds. The summed E-state index contributed by atoms with van der Waals surface area (Å²) in [5.41, 5.74) is -0.151. The average Bonchev–Trinajstić information content (AvgIpc) is 3.22. The van der Waals surface area contributed by atoms with Crippen molar-refractivity contribution in [1.29, 1.82) is 0 Å². The van der Waals surface area contributed by atoms with Gasteiger partial charge in [0.1, 0.15) is 34.4 Å². The van der Waals surface area contributed by atoms with E-state index in [-0.39, 0.29) is 26.4 Å². The maximum atomic E-state index is 13.1.